The number of hydrogen-bond donors (Lipinski definition) is 0. The Kier molecular flexibility index (Phi) is 1.02. The Hall–Kier alpha value is -0.0800. The number of hydrogen-bond acceptors (Lipinski definition) is 2. The van der Waals surface area contributed by atoms with Crippen LogP contribution in [0.2, 0.25) is 0 Å². The quantitative estimate of drug-likeness (QED) is 0.501. The first-order valence-corrected chi connectivity index (χ1v) is 3.20. The van der Waals surface area contributed by atoms with Gasteiger partial charge in [-0.2, -0.15) is 0 Å². The summed E-state index contributed by atoms with van der Waals surface area (Å²) >= 11 is 0. The molecule has 8 heavy (non-hydrogen) atoms. The number of rotatable bonds is 1. The molecule has 0 radical (unpaired) electrons. The Morgan fingerprint density at radius 2 is 1.62 bits per heavy atom. The monoisotopic (exact) mass is 114 g/mol. The highest BCUT2D eigenvalue weighted by Gasteiger charge is 2.34. The molecule has 2 aliphatic rings. The van der Waals surface area contributed by atoms with Gasteiger partial charge in [-0.25, -0.2) is 0 Å². The molecule has 0 bridgehead atoms. The first-order valence-electron chi connectivity index (χ1n) is 3.20. The zero-order valence-corrected chi connectivity index (χ0v) is 4.80. The van der Waals surface area contributed by atoms with Crippen LogP contribution in [-0.4, -0.2) is 19.5 Å². The van der Waals surface area contributed by atoms with Crippen molar-refractivity contribution in [1.82, 2.24) is 0 Å². The van der Waals surface area contributed by atoms with Crippen molar-refractivity contribution < 1.29 is 9.47 Å². The molecule has 2 heteroatoms. The third-order valence-corrected chi connectivity index (χ3v) is 1.65. The fourth-order valence-electron chi connectivity index (χ4n) is 1.02. The second kappa shape index (κ2) is 1.71. The SMILES string of the molecule is C1COC(C2CC2)O1. The average molecular weight is 114 g/mol. The molecule has 0 spiro atoms. The molecule has 2 fully saturated rings. The Morgan fingerprint density at radius 1 is 1.00 bits per heavy atom. The normalized spacial score (nSPS) is 31.5. The third-order valence-electron chi connectivity index (χ3n) is 1.65. The molecule has 0 unspecified atom stereocenters. The van der Waals surface area contributed by atoms with Crippen LogP contribution in [0.4, 0.5) is 0 Å². The van der Waals surface area contributed by atoms with Gasteiger partial charge in [-0.3, -0.25) is 0 Å². The zero-order chi connectivity index (χ0) is 5.40. The number of ether oxygens (including phenoxy) is 2. The van der Waals surface area contributed by atoms with E-state index in [-0.39, 0.29) is 6.29 Å². The van der Waals surface area contributed by atoms with Crippen LogP contribution in [0, 0.1) is 5.92 Å². The van der Waals surface area contributed by atoms with Gasteiger partial charge in [0.2, 0.25) is 0 Å². The van der Waals surface area contributed by atoms with Crippen LogP contribution in [0.1, 0.15) is 12.8 Å². The van der Waals surface area contributed by atoms with E-state index >= 15 is 0 Å². The van der Waals surface area contributed by atoms with E-state index in [1.54, 1.807) is 0 Å². The standard InChI is InChI=1S/C6H10O2/c1-2-5(1)6-7-3-4-8-6/h5-6H,1-4H2. The van der Waals surface area contributed by atoms with Crippen molar-refractivity contribution in [2.45, 2.75) is 19.1 Å². The van der Waals surface area contributed by atoms with Gasteiger partial charge in [-0.05, 0) is 12.8 Å². The largest absolute Gasteiger partial charge is 0.350 e. The molecule has 1 saturated carbocycles. The van der Waals surface area contributed by atoms with Crippen molar-refractivity contribution in [2.24, 2.45) is 5.92 Å². The fourth-order valence-corrected chi connectivity index (χ4v) is 1.02. The molecule has 2 rings (SSSR count). The summed E-state index contributed by atoms with van der Waals surface area (Å²) in [6.07, 6.45) is 2.80. The predicted octanol–water partition coefficient (Wildman–Crippen LogP) is 0.769. The highest BCUT2D eigenvalue weighted by atomic mass is 16.7. The fraction of sp³-hybridized carbons (Fsp3) is 1.00. The van der Waals surface area contributed by atoms with Crippen LogP contribution in [0.25, 0.3) is 0 Å². The molecule has 0 aromatic heterocycles. The maximum absolute atomic E-state index is 5.25. The lowest BCUT2D eigenvalue weighted by molar-refractivity contribution is -0.0572. The Labute approximate surface area is 48.8 Å². The van der Waals surface area contributed by atoms with Crippen LogP contribution in [-0.2, 0) is 9.47 Å². The molecule has 46 valence electrons. The average Bonchev–Trinajstić information content (AvgIpc) is 2.49. The lowest BCUT2D eigenvalue weighted by Gasteiger charge is -2.03. The van der Waals surface area contributed by atoms with Crippen LogP contribution in [0.3, 0.4) is 0 Å². The molecule has 0 amide bonds. The summed E-state index contributed by atoms with van der Waals surface area (Å²) in [4.78, 5) is 0. The summed E-state index contributed by atoms with van der Waals surface area (Å²) in [6, 6.07) is 0. The van der Waals surface area contributed by atoms with E-state index in [0.717, 1.165) is 19.1 Å². The Bertz CT molecular complexity index is 82.5. The van der Waals surface area contributed by atoms with Gasteiger partial charge < -0.3 is 9.47 Å². The van der Waals surface area contributed by atoms with Gasteiger partial charge in [0.05, 0.1) is 13.2 Å². The van der Waals surface area contributed by atoms with Crippen molar-refractivity contribution >= 4 is 0 Å². The molecule has 0 aromatic rings. The highest BCUT2D eigenvalue weighted by Crippen LogP contribution is 2.36. The minimum Gasteiger partial charge on any atom is -0.350 e. The van der Waals surface area contributed by atoms with Crippen LogP contribution in [0.5, 0.6) is 0 Å². The molecule has 1 heterocycles. The topological polar surface area (TPSA) is 18.5 Å². The van der Waals surface area contributed by atoms with Gasteiger partial charge in [0.25, 0.3) is 0 Å². The first-order chi connectivity index (χ1) is 3.97. The van der Waals surface area contributed by atoms with Crippen molar-refractivity contribution in [1.29, 1.82) is 0 Å². The van der Waals surface area contributed by atoms with Gasteiger partial charge in [0, 0.05) is 5.92 Å². The van der Waals surface area contributed by atoms with Gasteiger partial charge in [0.1, 0.15) is 0 Å². The van der Waals surface area contributed by atoms with E-state index in [1.165, 1.54) is 12.8 Å². The summed E-state index contributed by atoms with van der Waals surface area (Å²) in [7, 11) is 0. The van der Waals surface area contributed by atoms with Crippen LogP contribution < -0.4 is 0 Å². The molecular formula is C6H10O2. The van der Waals surface area contributed by atoms with Gasteiger partial charge in [0.15, 0.2) is 6.29 Å². The van der Waals surface area contributed by atoms with E-state index in [2.05, 4.69) is 0 Å². The first kappa shape index (κ1) is 4.77. The van der Waals surface area contributed by atoms with E-state index in [0.29, 0.717) is 0 Å². The molecule has 1 aliphatic carbocycles. The molecule has 0 N–H and O–H groups in total. The van der Waals surface area contributed by atoms with Crippen molar-refractivity contribution in [3.05, 3.63) is 0 Å². The summed E-state index contributed by atoms with van der Waals surface area (Å²) in [5.74, 6) is 0.748. The molecule has 2 nitrogen and oxygen atoms in total. The lowest BCUT2D eigenvalue weighted by atomic mass is 10.4. The maximum atomic E-state index is 5.25. The zero-order valence-electron chi connectivity index (χ0n) is 4.80. The molecule has 1 saturated heterocycles. The summed E-state index contributed by atoms with van der Waals surface area (Å²) in [5, 5.41) is 0. The molecule has 1 aliphatic heterocycles. The second-order valence-corrected chi connectivity index (χ2v) is 2.45. The van der Waals surface area contributed by atoms with Crippen molar-refractivity contribution in [3.63, 3.8) is 0 Å². The van der Waals surface area contributed by atoms with Gasteiger partial charge in [-0.1, -0.05) is 0 Å². The lowest BCUT2D eigenvalue weighted by Crippen LogP contribution is -2.08. The van der Waals surface area contributed by atoms with Crippen LogP contribution >= 0.6 is 0 Å². The van der Waals surface area contributed by atoms with E-state index in [4.69, 9.17) is 9.47 Å². The van der Waals surface area contributed by atoms with Crippen molar-refractivity contribution in [3.8, 4) is 0 Å². The van der Waals surface area contributed by atoms with Crippen molar-refractivity contribution in [2.75, 3.05) is 13.2 Å². The smallest absolute Gasteiger partial charge is 0.160 e. The molecule has 0 aromatic carbocycles. The van der Waals surface area contributed by atoms with E-state index in [9.17, 15) is 0 Å². The third kappa shape index (κ3) is 0.740. The molecule has 0 atom stereocenters. The van der Waals surface area contributed by atoms with Crippen LogP contribution in [0.15, 0.2) is 0 Å². The predicted molar refractivity (Wildman–Crippen MR) is 28.4 cm³/mol. The summed E-state index contributed by atoms with van der Waals surface area (Å²) in [5.41, 5.74) is 0. The van der Waals surface area contributed by atoms with E-state index in [1.807, 2.05) is 0 Å². The molecular weight excluding hydrogens is 104 g/mol. The van der Waals surface area contributed by atoms with E-state index < -0.39 is 0 Å². The Balaban J connectivity index is 1.86. The summed E-state index contributed by atoms with van der Waals surface area (Å²) < 4.78 is 10.5. The maximum Gasteiger partial charge on any atom is 0.160 e. The Morgan fingerprint density at radius 3 is 2.12 bits per heavy atom. The minimum atomic E-state index is 0.176. The summed E-state index contributed by atoms with van der Waals surface area (Å²) in [6.45, 7) is 1.61. The highest BCUT2D eigenvalue weighted by molar-refractivity contribution is 4.78. The van der Waals surface area contributed by atoms with Gasteiger partial charge in [-0.15, -0.1) is 0 Å². The second-order valence-electron chi connectivity index (χ2n) is 2.45. The minimum absolute atomic E-state index is 0.176. The van der Waals surface area contributed by atoms with Gasteiger partial charge >= 0.3 is 0 Å².